The maximum Gasteiger partial charge on any atom is 0.257 e. The van der Waals surface area contributed by atoms with Crippen molar-refractivity contribution >= 4 is 29.6 Å². The maximum atomic E-state index is 12.3. The van der Waals surface area contributed by atoms with Crippen LogP contribution in [0.4, 0.5) is 0 Å². The van der Waals surface area contributed by atoms with Crippen molar-refractivity contribution in [3.63, 3.8) is 0 Å². The first-order valence-electron chi connectivity index (χ1n) is 6.85. The van der Waals surface area contributed by atoms with Gasteiger partial charge in [-0.15, -0.1) is 0 Å². The molecule has 0 atom stereocenters. The van der Waals surface area contributed by atoms with Crippen molar-refractivity contribution in [1.82, 2.24) is 20.9 Å². The quantitative estimate of drug-likeness (QED) is 0.594. The number of nitrogens with one attached hydrogen (secondary N) is 3. The fraction of sp³-hybridized carbons (Fsp3) is 0.267. The SMILES string of the molecule is CCC(=O)N/C(NC(C)=O)=C(/C(=O)NC[C]=O)c1ccccn1. The molecule has 0 fully saturated rings. The van der Waals surface area contributed by atoms with E-state index in [0.717, 1.165) is 0 Å². The van der Waals surface area contributed by atoms with Crippen molar-refractivity contribution in [2.45, 2.75) is 20.3 Å². The number of pyridine rings is 1. The third-order valence-corrected chi connectivity index (χ3v) is 2.61. The Balaban J connectivity index is 3.38. The summed E-state index contributed by atoms with van der Waals surface area (Å²) in [5.41, 5.74) is 0.175. The highest BCUT2D eigenvalue weighted by Gasteiger charge is 2.21. The second-order valence-electron chi connectivity index (χ2n) is 4.37. The highest BCUT2D eigenvalue weighted by molar-refractivity contribution is 6.20. The van der Waals surface area contributed by atoms with Gasteiger partial charge in [-0.05, 0) is 12.1 Å². The summed E-state index contributed by atoms with van der Waals surface area (Å²) in [4.78, 5) is 49.7. The Morgan fingerprint density at radius 1 is 1.22 bits per heavy atom. The Morgan fingerprint density at radius 3 is 2.48 bits per heavy atom. The molecule has 23 heavy (non-hydrogen) atoms. The van der Waals surface area contributed by atoms with Crippen LogP contribution in [0.25, 0.3) is 5.57 Å². The molecular formula is C15H17N4O4. The summed E-state index contributed by atoms with van der Waals surface area (Å²) in [7, 11) is 0. The van der Waals surface area contributed by atoms with Crippen LogP contribution in [0, 0.1) is 0 Å². The molecule has 0 aliphatic rings. The number of amides is 3. The van der Waals surface area contributed by atoms with Gasteiger partial charge in [0.15, 0.2) is 0 Å². The van der Waals surface area contributed by atoms with Gasteiger partial charge in [0.2, 0.25) is 18.1 Å². The Bertz CT molecular complexity index is 626. The fourth-order valence-electron chi connectivity index (χ4n) is 1.63. The molecule has 0 aliphatic carbocycles. The average molecular weight is 317 g/mol. The molecule has 3 amide bonds. The smallest absolute Gasteiger partial charge is 0.257 e. The summed E-state index contributed by atoms with van der Waals surface area (Å²) in [5.74, 6) is -1.63. The number of nitrogens with zero attached hydrogens (tertiary/aromatic N) is 1. The molecule has 0 saturated heterocycles. The molecule has 0 saturated carbocycles. The van der Waals surface area contributed by atoms with Gasteiger partial charge in [0, 0.05) is 19.5 Å². The van der Waals surface area contributed by atoms with Gasteiger partial charge in [0.05, 0.1) is 12.2 Å². The minimum Gasteiger partial charge on any atom is -0.344 e. The lowest BCUT2D eigenvalue weighted by atomic mass is 10.1. The number of carbonyl (C=O) groups is 3. The number of aromatic nitrogens is 1. The molecule has 1 radical (unpaired) electrons. The predicted molar refractivity (Wildman–Crippen MR) is 82.1 cm³/mol. The van der Waals surface area contributed by atoms with Crippen LogP contribution in [-0.4, -0.2) is 35.5 Å². The summed E-state index contributed by atoms with van der Waals surface area (Å²) < 4.78 is 0. The van der Waals surface area contributed by atoms with Crippen LogP contribution in [0.5, 0.6) is 0 Å². The standard InChI is InChI=1S/C15H17N4O4/c1-3-12(22)19-14(18-10(2)21)13(15(23)17-8-9-20)11-6-4-5-7-16-11/h4-7H,3,8H2,1-2H3,(H,17,23)(H,18,21)(H,19,22)/b14-13+. The third-order valence-electron chi connectivity index (χ3n) is 2.61. The highest BCUT2D eigenvalue weighted by Crippen LogP contribution is 2.14. The Hall–Kier alpha value is -3.03. The van der Waals surface area contributed by atoms with Gasteiger partial charge in [-0.3, -0.25) is 24.2 Å². The monoisotopic (exact) mass is 317 g/mol. The number of carbonyl (C=O) groups excluding carboxylic acids is 4. The second kappa shape index (κ2) is 9.08. The maximum absolute atomic E-state index is 12.3. The number of hydrogen-bond acceptors (Lipinski definition) is 5. The summed E-state index contributed by atoms with van der Waals surface area (Å²) in [6, 6.07) is 4.84. The van der Waals surface area contributed by atoms with Crippen molar-refractivity contribution < 1.29 is 19.2 Å². The summed E-state index contributed by atoms with van der Waals surface area (Å²) in [6.07, 6.45) is 3.15. The van der Waals surface area contributed by atoms with Gasteiger partial charge in [-0.25, -0.2) is 0 Å². The van der Waals surface area contributed by atoms with Crippen LogP contribution in [0.2, 0.25) is 0 Å². The first-order chi connectivity index (χ1) is 11.0. The topological polar surface area (TPSA) is 117 Å². The molecule has 1 heterocycles. The van der Waals surface area contributed by atoms with E-state index >= 15 is 0 Å². The van der Waals surface area contributed by atoms with Gasteiger partial charge in [-0.2, -0.15) is 0 Å². The summed E-state index contributed by atoms with van der Waals surface area (Å²) in [5, 5.41) is 7.19. The molecule has 8 heteroatoms. The molecule has 1 rings (SSSR count). The van der Waals surface area contributed by atoms with E-state index in [1.165, 1.54) is 19.4 Å². The van der Waals surface area contributed by atoms with Crippen molar-refractivity contribution in [2.24, 2.45) is 0 Å². The van der Waals surface area contributed by atoms with E-state index in [2.05, 4.69) is 20.9 Å². The molecule has 1 aromatic rings. The predicted octanol–water partition coefficient (Wildman–Crippen LogP) is -0.362. The zero-order valence-electron chi connectivity index (χ0n) is 12.8. The van der Waals surface area contributed by atoms with Gasteiger partial charge in [-0.1, -0.05) is 13.0 Å². The first-order valence-corrected chi connectivity index (χ1v) is 6.85. The molecule has 8 nitrogen and oxygen atoms in total. The molecule has 3 N–H and O–H groups in total. The van der Waals surface area contributed by atoms with Crippen LogP contribution in [-0.2, 0) is 19.2 Å². The highest BCUT2D eigenvalue weighted by atomic mass is 16.2. The molecule has 0 unspecified atom stereocenters. The molecule has 0 aliphatic heterocycles. The summed E-state index contributed by atoms with van der Waals surface area (Å²) in [6.45, 7) is 2.54. The van der Waals surface area contributed by atoms with Gasteiger partial charge in [0.25, 0.3) is 5.91 Å². The molecule has 121 valence electrons. The first kappa shape index (κ1) is 18.0. The van der Waals surface area contributed by atoms with E-state index in [9.17, 15) is 19.2 Å². The average Bonchev–Trinajstić information content (AvgIpc) is 2.53. The normalized spacial score (nSPS) is 11.0. The van der Waals surface area contributed by atoms with E-state index in [-0.39, 0.29) is 30.1 Å². The third kappa shape index (κ3) is 5.70. The van der Waals surface area contributed by atoms with Crippen molar-refractivity contribution in [3.05, 3.63) is 35.9 Å². The van der Waals surface area contributed by atoms with Gasteiger partial charge in [0.1, 0.15) is 11.4 Å². The van der Waals surface area contributed by atoms with E-state index in [1.54, 1.807) is 25.1 Å². The van der Waals surface area contributed by atoms with Crippen LogP contribution in [0.15, 0.2) is 30.2 Å². The Kier molecular flexibility index (Phi) is 7.12. The van der Waals surface area contributed by atoms with E-state index < -0.39 is 17.7 Å². The lowest BCUT2D eigenvalue weighted by Gasteiger charge is -2.15. The zero-order chi connectivity index (χ0) is 17.2. The molecule has 1 aromatic heterocycles. The van der Waals surface area contributed by atoms with E-state index in [0.29, 0.717) is 0 Å². The minimum atomic E-state index is -0.674. The number of hydrogen-bond donors (Lipinski definition) is 3. The molecule has 0 spiro atoms. The van der Waals surface area contributed by atoms with Crippen LogP contribution in [0.3, 0.4) is 0 Å². The lowest BCUT2D eigenvalue weighted by molar-refractivity contribution is -0.120. The minimum absolute atomic E-state index is 0.0575. The second-order valence-corrected chi connectivity index (χ2v) is 4.37. The summed E-state index contributed by atoms with van der Waals surface area (Å²) >= 11 is 0. The lowest BCUT2D eigenvalue weighted by Crippen LogP contribution is -2.38. The number of rotatable bonds is 7. The van der Waals surface area contributed by atoms with Crippen molar-refractivity contribution in [2.75, 3.05) is 6.54 Å². The fourth-order valence-corrected chi connectivity index (χ4v) is 1.63. The van der Waals surface area contributed by atoms with Crippen molar-refractivity contribution in [3.8, 4) is 0 Å². The Labute approximate surface area is 133 Å². The van der Waals surface area contributed by atoms with Gasteiger partial charge < -0.3 is 16.0 Å². The molecular weight excluding hydrogens is 300 g/mol. The molecule has 0 bridgehead atoms. The Morgan fingerprint density at radius 2 is 1.96 bits per heavy atom. The van der Waals surface area contributed by atoms with E-state index in [4.69, 9.17) is 0 Å². The zero-order valence-corrected chi connectivity index (χ0v) is 12.8. The van der Waals surface area contributed by atoms with Crippen molar-refractivity contribution in [1.29, 1.82) is 0 Å². The largest absolute Gasteiger partial charge is 0.344 e. The van der Waals surface area contributed by atoms with E-state index in [1.807, 2.05) is 0 Å². The van der Waals surface area contributed by atoms with Crippen LogP contribution >= 0.6 is 0 Å². The van der Waals surface area contributed by atoms with Crippen LogP contribution < -0.4 is 16.0 Å². The molecule has 0 aromatic carbocycles. The van der Waals surface area contributed by atoms with Crippen LogP contribution in [0.1, 0.15) is 26.0 Å². The van der Waals surface area contributed by atoms with Gasteiger partial charge >= 0.3 is 0 Å².